The number of benzene rings is 1. The van der Waals surface area contributed by atoms with Gasteiger partial charge < -0.3 is 9.32 Å². The Labute approximate surface area is 113 Å². The average molecular weight is 260 g/mol. The maximum atomic E-state index is 11.7. The fourth-order valence-electron chi connectivity index (χ4n) is 1.87. The van der Waals surface area contributed by atoms with Gasteiger partial charge in [0.25, 0.3) is 0 Å². The zero-order valence-corrected chi connectivity index (χ0v) is 11.6. The first kappa shape index (κ1) is 13.6. The lowest BCUT2D eigenvalue weighted by atomic mass is 10.2. The molecule has 1 N–H and O–H groups in total. The minimum atomic E-state index is 0.0154. The molecule has 1 aromatic carbocycles. The van der Waals surface area contributed by atoms with E-state index in [-0.39, 0.29) is 11.9 Å². The number of likely N-dealkylation sites (N-methyl/N-ethyl adjacent to an activating group) is 1. The fraction of sp³-hybridized carbons (Fsp3) is 0.400. The minimum absolute atomic E-state index is 0.0154. The van der Waals surface area contributed by atoms with Gasteiger partial charge in [-0.1, -0.05) is 18.2 Å². The first-order valence-corrected chi connectivity index (χ1v) is 6.57. The third-order valence-electron chi connectivity index (χ3n) is 3.33. The van der Waals surface area contributed by atoms with E-state index in [9.17, 15) is 4.79 Å². The summed E-state index contributed by atoms with van der Waals surface area (Å²) < 4.78 is 5.76. The van der Waals surface area contributed by atoms with Crippen molar-refractivity contribution in [2.75, 3.05) is 20.1 Å². The molecule has 0 radical (unpaired) electrons. The summed E-state index contributed by atoms with van der Waals surface area (Å²) in [6, 6.07) is 9.93. The number of carbonyl (C=O) groups is 1. The highest BCUT2D eigenvalue weighted by Crippen LogP contribution is 2.23. The van der Waals surface area contributed by atoms with E-state index in [1.54, 1.807) is 11.9 Å². The molecule has 0 bridgehead atoms. The van der Waals surface area contributed by atoms with Gasteiger partial charge in [-0.05, 0) is 26.0 Å². The molecular formula is C15H20N2O2. The number of hydrogen-bond acceptors (Lipinski definition) is 3. The second kappa shape index (κ2) is 5.89. The van der Waals surface area contributed by atoms with Crippen LogP contribution in [-0.2, 0) is 4.79 Å². The molecule has 19 heavy (non-hydrogen) atoms. The lowest BCUT2D eigenvalue weighted by Crippen LogP contribution is -2.36. The monoisotopic (exact) mass is 260 g/mol. The van der Waals surface area contributed by atoms with Crippen LogP contribution in [0.3, 0.4) is 0 Å². The topological polar surface area (TPSA) is 45.5 Å². The lowest BCUT2D eigenvalue weighted by Gasteiger charge is -2.16. The van der Waals surface area contributed by atoms with E-state index in [0.29, 0.717) is 6.54 Å². The smallest absolute Gasteiger partial charge is 0.236 e. The Balaban J connectivity index is 2.00. The summed E-state index contributed by atoms with van der Waals surface area (Å²) in [5.41, 5.74) is 0.878. The van der Waals surface area contributed by atoms with Crippen LogP contribution in [0.5, 0.6) is 0 Å². The third kappa shape index (κ3) is 3.15. The zero-order chi connectivity index (χ0) is 13.8. The number of nitrogens with one attached hydrogen (secondary N) is 1. The Kier molecular flexibility index (Phi) is 4.22. The maximum absolute atomic E-state index is 11.7. The van der Waals surface area contributed by atoms with Crippen molar-refractivity contribution in [3.63, 3.8) is 0 Å². The Morgan fingerprint density at radius 2 is 2.16 bits per heavy atom. The Morgan fingerprint density at radius 1 is 1.42 bits per heavy atom. The third-order valence-corrected chi connectivity index (χ3v) is 3.33. The molecule has 4 nitrogen and oxygen atoms in total. The fourth-order valence-corrected chi connectivity index (χ4v) is 1.87. The zero-order valence-electron chi connectivity index (χ0n) is 11.6. The minimum Gasteiger partial charge on any atom is -0.459 e. The van der Waals surface area contributed by atoms with E-state index in [2.05, 4.69) is 5.32 Å². The number of fused-ring (bicyclic) bond motifs is 1. The van der Waals surface area contributed by atoms with Crippen molar-refractivity contribution < 1.29 is 9.21 Å². The van der Waals surface area contributed by atoms with Crippen molar-refractivity contribution in [1.29, 1.82) is 0 Å². The summed E-state index contributed by atoms with van der Waals surface area (Å²) in [5, 5.41) is 4.28. The molecule has 0 fully saturated rings. The number of para-hydroxylation sites is 1. The summed E-state index contributed by atoms with van der Waals surface area (Å²) in [6.07, 6.45) is 0. The van der Waals surface area contributed by atoms with Gasteiger partial charge in [-0.3, -0.25) is 10.1 Å². The molecule has 0 aliphatic carbocycles. The molecule has 0 spiro atoms. The summed E-state index contributed by atoms with van der Waals surface area (Å²) in [5.74, 6) is 0.943. The SMILES string of the molecule is CCN(C)C(=O)CNC(C)c1cc2ccccc2o1. The number of nitrogens with zero attached hydrogens (tertiary/aromatic N) is 1. The van der Waals surface area contributed by atoms with Crippen molar-refractivity contribution in [2.24, 2.45) is 0 Å². The van der Waals surface area contributed by atoms with Crippen molar-refractivity contribution in [2.45, 2.75) is 19.9 Å². The van der Waals surface area contributed by atoms with Crippen molar-refractivity contribution in [3.05, 3.63) is 36.1 Å². The Hall–Kier alpha value is -1.81. The van der Waals surface area contributed by atoms with Crippen LogP contribution >= 0.6 is 0 Å². The largest absolute Gasteiger partial charge is 0.459 e. The molecule has 2 rings (SSSR count). The van der Waals surface area contributed by atoms with E-state index in [1.807, 2.05) is 44.2 Å². The normalized spacial score (nSPS) is 12.6. The molecule has 0 aliphatic heterocycles. The van der Waals surface area contributed by atoms with Crippen LogP contribution in [0.1, 0.15) is 25.6 Å². The van der Waals surface area contributed by atoms with Gasteiger partial charge in [0, 0.05) is 19.0 Å². The van der Waals surface area contributed by atoms with E-state index in [4.69, 9.17) is 4.42 Å². The first-order chi connectivity index (χ1) is 9.11. The highest BCUT2D eigenvalue weighted by Gasteiger charge is 2.13. The molecule has 1 atom stereocenters. The van der Waals surface area contributed by atoms with Crippen LogP contribution in [0.4, 0.5) is 0 Å². The van der Waals surface area contributed by atoms with Gasteiger partial charge in [0.15, 0.2) is 0 Å². The summed E-state index contributed by atoms with van der Waals surface area (Å²) in [6.45, 7) is 5.00. The van der Waals surface area contributed by atoms with Crippen LogP contribution in [-0.4, -0.2) is 30.9 Å². The van der Waals surface area contributed by atoms with Gasteiger partial charge in [-0.15, -0.1) is 0 Å². The highest BCUT2D eigenvalue weighted by atomic mass is 16.3. The lowest BCUT2D eigenvalue weighted by molar-refractivity contribution is -0.128. The van der Waals surface area contributed by atoms with Gasteiger partial charge in [0.1, 0.15) is 11.3 Å². The average Bonchev–Trinajstić information content (AvgIpc) is 2.87. The number of furan rings is 1. The summed E-state index contributed by atoms with van der Waals surface area (Å²) in [7, 11) is 1.80. The Morgan fingerprint density at radius 3 is 2.84 bits per heavy atom. The first-order valence-electron chi connectivity index (χ1n) is 6.57. The van der Waals surface area contributed by atoms with Crippen LogP contribution in [0.15, 0.2) is 34.7 Å². The van der Waals surface area contributed by atoms with Crippen molar-refractivity contribution >= 4 is 16.9 Å². The van der Waals surface area contributed by atoms with Gasteiger partial charge in [-0.25, -0.2) is 0 Å². The van der Waals surface area contributed by atoms with Gasteiger partial charge in [0.05, 0.1) is 12.6 Å². The molecular weight excluding hydrogens is 240 g/mol. The Bertz CT molecular complexity index is 529. The van der Waals surface area contributed by atoms with Crippen LogP contribution in [0.25, 0.3) is 11.0 Å². The molecule has 0 aliphatic rings. The second-order valence-corrected chi connectivity index (χ2v) is 4.70. The second-order valence-electron chi connectivity index (χ2n) is 4.70. The molecule has 0 saturated heterocycles. The molecule has 1 unspecified atom stereocenters. The predicted octanol–water partition coefficient (Wildman–Crippen LogP) is 2.56. The molecule has 1 heterocycles. The van der Waals surface area contributed by atoms with E-state index >= 15 is 0 Å². The van der Waals surface area contributed by atoms with Gasteiger partial charge in [0.2, 0.25) is 5.91 Å². The van der Waals surface area contributed by atoms with Gasteiger partial charge in [-0.2, -0.15) is 0 Å². The van der Waals surface area contributed by atoms with Crippen molar-refractivity contribution in [1.82, 2.24) is 10.2 Å². The summed E-state index contributed by atoms with van der Waals surface area (Å²) >= 11 is 0. The molecule has 4 heteroatoms. The van der Waals surface area contributed by atoms with E-state index < -0.39 is 0 Å². The van der Waals surface area contributed by atoms with Crippen LogP contribution in [0, 0.1) is 0 Å². The van der Waals surface area contributed by atoms with Crippen LogP contribution < -0.4 is 5.32 Å². The van der Waals surface area contributed by atoms with Crippen LogP contribution in [0.2, 0.25) is 0 Å². The number of amides is 1. The van der Waals surface area contributed by atoms with E-state index in [0.717, 1.165) is 23.3 Å². The quantitative estimate of drug-likeness (QED) is 0.898. The number of rotatable bonds is 5. The molecule has 1 amide bonds. The molecule has 102 valence electrons. The highest BCUT2D eigenvalue weighted by molar-refractivity contribution is 5.78. The van der Waals surface area contributed by atoms with E-state index in [1.165, 1.54) is 0 Å². The molecule has 1 aromatic heterocycles. The molecule has 2 aromatic rings. The maximum Gasteiger partial charge on any atom is 0.236 e. The summed E-state index contributed by atoms with van der Waals surface area (Å²) in [4.78, 5) is 13.4. The van der Waals surface area contributed by atoms with Crippen molar-refractivity contribution in [3.8, 4) is 0 Å². The number of carbonyl (C=O) groups excluding carboxylic acids is 1. The predicted molar refractivity (Wildman–Crippen MR) is 75.9 cm³/mol. The number of hydrogen-bond donors (Lipinski definition) is 1. The molecule has 0 saturated carbocycles. The van der Waals surface area contributed by atoms with Gasteiger partial charge >= 0.3 is 0 Å². The standard InChI is InChI=1S/C15H20N2O2/c1-4-17(3)15(18)10-16-11(2)14-9-12-7-5-6-8-13(12)19-14/h5-9,11,16H,4,10H2,1-3H3.